The molecule has 9 nitrogen and oxygen atoms in total. The molecule has 0 spiro atoms. The van der Waals surface area contributed by atoms with E-state index in [1.54, 1.807) is 6.20 Å². The first-order valence-electron chi connectivity index (χ1n) is 11.9. The van der Waals surface area contributed by atoms with Gasteiger partial charge >= 0.3 is 0 Å². The molecule has 2 aromatic rings. The smallest absolute Gasteiger partial charge is 0.229 e. The van der Waals surface area contributed by atoms with Crippen molar-refractivity contribution in [2.45, 2.75) is 51.5 Å². The lowest BCUT2D eigenvalue weighted by Crippen LogP contribution is -2.31. The van der Waals surface area contributed by atoms with Crippen LogP contribution in [0.25, 0.3) is 0 Å². The van der Waals surface area contributed by atoms with Crippen LogP contribution in [0.4, 0.5) is 17.5 Å². The van der Waals surface area contributed by atoms with E-state index in [0.717, 1.165) is 82.5 Å². The molecule has 33 heavy (non-hydrogen) atoms. The number of aldehydes is 1. The van der Waals surface area contributed by atoms with E-state index in [0.29, 0.717) is 29.3 Å². The Kier molecular flexibility index (Phi) is 9.90. The summed E-state index contributed by atoms with van der Waals surface area (Å²) in [5, 5.41) is 11.8. The fourth-order valence-electron chi connectivity index (χ4n) is 4.00. The Bertz CT molecular complexity index is 881. The van der Waals surface area contributed by atoms with Gasteiger partial charge in [-0.15, -0.1) is 0 Å². The summed E-state index contributed by atoms with van der Waals surface area (Å²) in [5.74, 6) is 1.13. The van der Waals surface area contributed by atoms with Gasteiger partial charge in [-0.05, 0) is 79.3 Å². The average Bonchev–Trinajstić information content (AvgIpc) is 3.16. The van der Waals surface area contributed by atoms with Gasteiger partial charge in [-0.2, -0.15) is 10.1 Å². The molecule has 0 radical (unpaired) electrons. The number of carbonyl (C=O) groups excluding carboxylic acids is 1. The molecule has 0 unspecified atom stereocenters. The number of rotatable bonds is 13. The SMILES string of the molecule is Cc1nn(C2CCN(C)CC2)cc1Nc1ncc(Cl)c(NCCCN(C)CCCCC=O)n1. The number of aryl methyl sites for hydroxylation is 1. The number of nitrogens with one attached hydrogen (secondary N) is 2. The number of unbranched alkanes of at least 4 members (excludes halogenated alkanes) is 2. The lowest BCUT2D eigenvalue weighted by molar-refractivity contribution is -0.107. The number of carbonyl (C=O) groups is 1. The van der Waals surface area contributed by atoms with Crippen molar-refractivity contribution >= 4 is 35.3 Å². The summed E-state index contributed by atoms with van der Waals surface area (Å²) in [4.78, 5) is 23.9. The number of aromatic nitrogens is 4. The average molecular weight is 477 g/mol. The molecule has 10 heteroatoms. The molecule has 1 aliphatic rings. The van der Waals surface area contributed by atoms with Gasteiger partial charge in [0.15, 0.2) is 0 Å². The largest absolute Gasteiger partial charge is 0.369 e. The van der Waals surface area contributed by atoms with Crippen LogP contribution in [0.3, 0.4) is 0 Å². The van der Waals surface area contributed by atoms with Crippen molar-refractivity contribution in [3.63, 3.8) is 0 Å². The zero-order chi connectivity index (χ0) is 23.6. The Morgan fingerprint density at radius 2 is 2.00 bits per heavy atom. The second kappa shape index (κ2) is 12.9. The van der Waals surface area contributed by atoms with E-state index < -0.39 is 0 Å². The van der Waals surface area contributed by atoms with Crippen LogP contribution in [0, 0.1) is 6.92 Å². The summed E-state index contributed by atoms with van der Waals surface area (Å²) in [7, 11) is 4.27. The van der Waals surface area contributed by atoms with Gasteiger partial charge < -0.3 is 25.2 Å². The Hall–Kier alpha value is -2.23. The summed E-state index contributed by atoms with van der Waals surface area (Å²) < 4.78 is 2.08. The van der Waals surface area contributed by atoms with Gasteiger partial charge in [0.2, 0.25) is 5.95 Å². The van der Waals surface area contributed by atoms with Gasteiger partial charge in [0.1, 0.15) is 17.1 Å². The van der Waals surface area contributed by atoms with Crippen LogP contribution in [0.15, 0.2) is 12.4 Å². The molecule has 0 amide bonds. The molecule has 1 aliphatic heterocycles. The molecule has 0 bridgehead atoms. The van der Waals surface area contributed by atoms with Gasteiger partial charge in [-0.3, -0.25) is 4.68 Å². The van der Waals surface area contributed by atoms with Crippen molar-refractivity contribution in [3.05, 3.63) is 23.1 Å². The highest BCUT2D eigenvalue weighted by molar-refractivity contribution is 6.32. The normalized spacial score (nSPS) is 15.2. The Morgan fingerprint density at radius 1 is 1.24 bits per heavy atom. The summed E-state index contributed by atoms with van der Waals surface area (Å²) >= 11 is 6.31. The first-order chi connectivity index (χ1) is 16.0. The monoisotopic (exact) mass is 476 g/mol. The number of anilines is 3. The Labute approximate surface area is 201 Å². The molecule has 2 N–H and O–H groups in total. The third kappa shape index (κ3) is 7.94. The van der Waals surface area contributed by atoms with Crippen molar-refractivity contribution < 1.29 is 4.79 Å². The Morgan fingerprint density at radius 3 is 2.76 bits per heavy atom. The fourth-order valence-corrected chi connectivity index (χ4v) is 4.16. The second-order valence-electron chi connectivity index (χ2n) is 8.90. The zero-order valence-corrected chi connectivity index (χ0v) is 20.8. The van der Waals surface area contributed by atoms with Gasteiger partial charge in [0.05, 0.1) is 23.6 Å². The molecule has 182 valence electrons. The summed E-state index contributed by atoms with van der Waals surface area (Å²) in [5.41, 5.74) is 1.84. The topological polar surface area (TPSA) is 91.2 Å². The quantitative estimate of drug-likeness (QED) is 0.333. The molecule has 3 rings (SSSR count). The predicted octanol–water partition coefficient (Wildman–Crippen LogP) is 3.75. The van der Waals surface area contributed by atoms with Crippen LogP contribution in [-0.2, 0) is 4.79 Å². The third-order valence-corrected chi connectivity index (χ3v) is 6.37. The summed E-state index contributed by atoms with van der Waals surface area (Å²) in [6, 6.07) is 0.432. The van der Waals surface area contributed by atoms with Crippen LogP contribution in [-0.4, -0.2) is 82.7 Å². The van der Waals surface area contributed by atoms with Crippen molar-refractivity contribution in [3.8, 4) is 0 Å². The molecule has 1 saturated heterocycles. The number of hydrogen-bond donors (Lipinski definition) is 2. The minimum atomic E-state index is 0.432. The van der Waals surface area contributed by atoms with Crippen molar-refractivity contribution in [1.82, 2.24) is 29.5 Å². The van der Waals surface area contributed by atoms with Crippen molar-refractivity contribution in [2.24, 2.45) is 0 Å². The first-order valence-corrected chi connectivity index (χ1v) is 12.2. The van der Waals surface area contributed by atoms with Crippen LogP contribution in [0.5, 0.6) is 0 Å². The molecule has 1 fully saturated rings. The van der Waals surface area contributed by atoms with Crippen LogP contribution in [0.2, 0.25) is 5.02 Å². The van der Waals surface area contributed by atoms with E-state index in [-0.39, 0.29) is 0 Å². The van der Waals surface area contributed by atoms with E-state index >= 15 is 0 Å². The number of halogens is 1. The van der Waals surface area contributed by atoms with Crippen molar-refractivity contribution in [1.29, 1.82) is 0 Å². The van der Waals surface area contributed by atoms with E-state index in [1.807, 2.05) is 6.92 Å². The van der Waals surface area contributed by atoms with Crippen molar-refractivity contribution in [2.75, 3.05) is 57.5 Å². The van der Waals surface area contributed by atoms with E-state index in [9.17, 15) is 4.79 Å². The molecule has 0 atom stereocenters. The molecule has 0 aliphatic carbocycles. The Balaban J connectivity index is 1.49. The van der Waals surface area contributed by atoms with Gasteiger partial charge in [-0.1, -0.05) is 11.6 Å². The molecular formula is C23H37ClN8O. The standard InChI is InChI=1S/C23H37ClN8O/c1-18-21(17-32(29-18)19-8-13-31(3)14-9-19)27-23-26-16-20(24)22(28-23)25-10-7-12-30(2)11-5-4-6-15-33/h15-17,19H,4-14H2,1-3H3,(H2,25,26,27,28). The molecule has 0 aromatic carbocycles. The second-order valence-corrected chi connectivity index (χ2v) is 9.31. The maximum atomic E-state index is 10.4. The first kappa shape index (κ1) is 25.4. The third-order valence-electron chi connectivity index (χ3n) is 6.09. The fraction of sp³-hybridized carbons (Fsp3) is 0.652. The zero-order valence-electron chi connectivity index (χ0n) is 20.1. The lowest BCUT2D eigenvalue weighted by Gasteiger charge is -2.28. The molecule has 3 heterocycles. The predicted molar refractivity (Wildman–Crippen MR) is 134 cm³/mol. The maximum Gasteiger partial charge on any atom is 0.229 e. The van der Waals surface area contributed by atoms with Gasteiger partial charge in [-0.25, -0.2) is 4.98 Å². The minimum absolute atomic E-state index is 0.432. The highest BCUT2D eigenvalue weighted by atomic mass is 35.5. The van der Waals surface area contributed by atoms with Gasteiger partial charge in [0, 0.05) is 19.2 Å². The van der Waals surface area contributed by atoms with Crippen LogP contribution in [0.1, 0.15) is 50.3 Å². The van der Waals surface area contributed by atoms with E-state index in [2.05, 4.69) is 55.4 Å². The van der Waals surface area contributed by atoms with E-state index in [4.69, 9.17) is 16.7 Å². The van der Waals surface area contributed by atoms with Gasteiger partial charge in [0.25, 0.3) is 0 Å². The maximum absolute atomic E-state index is 10.4. The van der Waals surface area contributed by atoms with E-state index in [1.165, 1.54) is 0 Å². The lowest BCUT2D eigenvalue weighted by atomic mass is 10.1. The van der Waals surface area contributed by atoms with Crippen LogP contribution >= 0.6 is 11.6 Å². The highest BCUT2D eigenvalue weighted by Crippen LogP contribution is 2.26. The highest BCUT2D eigenvalue weighted by Gasteiger charge is 2.20. The minimum Gasteiger partial charge on any atom is -0.369 e. The summed E-state index contributed by atoms with van der Waals surface area (Å²) in [6.45, 7) is 6.92. The number of hydrogen-bond acceptors (Lipinski definition) is 8. The summed E-state index contributed by atoms with van der Waals surface area (Å²) in [6.07, 6.45) is 10.5. The molecular weight excluding hydrogens is 440 g/mol. The number of piperidine rings is 1. The van der Waals surface area contributed by atoms with Crippen LogP contribution < -0.4 is 10.6 Å². The number of nitrogens with zero attached hydrogens (tertiary/aromatic N) is 6. The molecule has 2 aromatic heterocycles. The number of likely N-dealkylation sites (tertiary alicyclic amines) is 1. The molecule has 0 saturated carbocycles.